The van der Waals surface area contributed by atoms with Gasteiger partial charge in [-0.05, 0) is 29.7 Å². The minimum Gasteiger partial charge on any atom is -0.347 e. The third kappa shape index (κ3) is 4.68. The normalized spacial score (nSPS) is 14.3. The predicted molar refractivity (Wildman–Crippen MR) is 103 cm³/mol. The summed E-state index contributed by atoms with van der Waals surface area (Å²) in [6.45, 7) is 5.75. The van der Waals surface area contributed by atoms with Crippen molar-refractivity contribution in [1.29, 1.82) is 0 Å². The van der Waals surface area contributed by atoms with Gasteiger partial charge in [0.15, 0.2) is 0 Å². The lowest BCUT2D eigenvalue weighted by molar-refractivity contribution is -0.149. The van der Waals surface area contributed by atoms with Crippen LogP contribution in [0.15, 0.2) is 36.7 Å². The summed E-state index contributed by atoms with van der Waals surface area (Å²) in [5.74, 6) is -1.12. The van der Waals surface area contributed by atoms with E-state index >= 15 is 0 Å². The monoisotopic (exact) mass is 447 g/mol. The van der Waals surface area contributed by atoms with E-state index in [4.69, 9.17) is 5.73 Å². The van der Waals surface area contributed by atoms with Gasteiger partial charge in [-0.15, -0.1) is 0 Å². The number of alkyl halides is 6. The Hall–Kier alpha value is -2.62. The van der Waals surface area contributed by atoms with E-state index < -0.39 is 41.0 Å². The maximum absolute atomic E-state index is 14.9. The smallest absolute Gasteiger partial charge is 0.347 e. The molecule has 10 heteroatoms. The lowest BCUT2D eigenvalue weighted by Gasteiger charge is -2.20. The molecular formula is C21H20F7N3. The average molecular weight is 447 g/mol. The van der Waals surface area contributed by atoms with Gasteiger partial charge in [0.1, 0.15) is 11.9 Å². The molecule has 0 amide bonds. The molecule has 0 spiro atoms. The number of hydrogen-bond donors (Lipinski definition) is 1. The minimum atomic E-state index is -4.79. The Kier molecular flexibility index (Phi) is 5.58. The summed E-state index contributed by atoms with van der Waals surface area (Å²) in [7, 11) is 0. The Morgan fingerprint density at radius 1 is 1.06 bits per heavy atom. The molecule has 0 aliphatic carbocycles. The molecule has 0 saturated carbocycles. The van der Waals surface area contributed by atoms with E-state index in [-0.39, 0.29) is 28.4 Å². The second-order valence-electron chi connectivity index (χ2n) is 8.54. The molecule has 0 saturated heterocycles. The van der Waals surface area contributed by atoms with Crippen molar-refractivity contribution in [1.82, 2.24) is 9.55 Å². The van der Waals surface area contributed by atoms with Crippen LogP contribution in [0.25, 0.3) is 22.2 Å². The van der Waals surface area contributed by atoms with Crippen LogP contribution in [0.1, 0.15) is 37.9 Å². The summed E-state index contributed by atoms with van der Waals surface area (Å²) in [6, 6.07) is 1.36. The van der Waals surface area contributed by atoms with Crippen molar-refractivity contribution in [2.24, 2.45) is 11.1 Å². The van der Waals surface area contributed by atoms with Crippen molar-refractivity contribution in [2.45, 2.75) is 45.7 Å². The highest BCUT2D eigenvalue weighted by molar-refractivity contribution is 5.89. The molecule has 2 N–H and O–H groups in total. The largest absolute Gasteiger partial charge is 0.418 e. The predicted octanol–water partition coefficient (Wildman–Crippen LogP) is 6.47. The highest BCUT2D eigenvalue weighted by Crippen LogP contribution is 2.41. The summed E-state index contributed by atoms with van der Waals surface area (Å²) in [6.07, 6.45) is -7.30. The Morgan fingerprint density at radius 3 is 2.26 bits per heavy atom. The summed E-state index contributed by atoms with van der Waals surface area (Å²) in [4.78, 5) is 3.69. The van der Waals surface area contributed by atoms with E-state index in [1.807, 2.05) is 20.8 Å². The van der Waals surface area contributed by atoms with Crippen molar-refractivity contribution in [3.63, 3.8) is 0 Å². The fraction of sp³-hybridized carbons (Fsp3) is 0.381. The molecule has 0 aliphatic rings. The molecule has 31 heavy (non-hydrogen) atoms. The van der Waals surface area contributed by atoms with E-state index in [1.165, 1.54) is 10.8 Å². The number of hydrogen-bond acceptors (Lipinski definition) is 2. The zero-order valence-electron chi connectivity index (χ0n) is 16.9. The molecule has 3 aromatic rings. The third-order valence-corrected chi connectivity index (χ3v) is 4.70. The minimum absolute atomic E-state index is 0.111. The van der Waals surface area contributed by atoms with Crippen molar-refractivity contribution in [3.05, 3.63) is 53.6 Å². The van der Waals surface area contributed by atoms with E-state index in [1.54, 1.807) is 0 Å². The molecule has 2 heterocycles. The van der Waals surface area contributed by atoms with E-state index in [9.17, 15) is 30.7 Å². The lowest BCUT2D eigenvalue weighted by atomic mass is 9.96. The molecule has 0 radical (unpaired) electrons. The number of nitrogens with zero attached hydrogens (tertiary/aromatic N) is 2. The molecule has 3 nitrogen and oxygen atoms in total. The molecule has 3 rings (SSSR count). The Balaban J connectivity index is 2.32. The van der Waals surface area contributed by atoms with Gasteiger partial charge in [0, 0.05) is 41.0 Å². The first kappa shape index (κ1) is 23.1. The van der Waals surface area contributed by atoms with E-state index in [2.05, 4.69) is 4.98 Å². The maximum atomic E-state index is 14.9. The maximum Gasteiger partial charge on any atom is 0.418 e. The summed E-state index contributed by atoms with van der Waals surface area (Å²) in [5, 5.41) is -0.111. The van der Waals surface area contributed by atoms with E-state index in [0.29, 0.717) is 0 Å². The second-order valence-corrected chi connectivity index (χ2v) is 8.54. The van der Waals surface area contributed by atoms with Crippen LogP contribution in [0, 0.1) is 11.2 Å². The van der Waals surface area contributed by atoms with Crippen molar-refractivity contribution < 1.29 is 30.7 Å². The lowest BCUT2D eigenvalue weighted by Crippen LogP contribution is -2.28. The molecule has 0 aliphatic heterocycles. The molecule has 1 aromatic carbocycles. The highest BCUT2D eigenvalue weighted by Gasteiger charge is 2.40. The van der Waals surface area contributed by atoms with Crippen LogP contribution in [0.2, 0.25) is 0 Å². The van der Waals surface area contributed by atoms with Gasteiger partial charge in [-0.3, -0.25) is 4.98 Å². The Bertz CT molecular complexity index is 1110. The molecular weight excluding hydrogens is 427 g/mol. The zero-order chi connectivity index (χ0) is 23.4. The number of benzene rings is 1. The van der Waals surface area contributed by atoms with Gasteiger partial charge in [0.25, 0.3) is 0 Å². The molecule has 0 fully saturated rings. The first-order chi connectivity index (χ1) is 14.1. The van der Waals surface area contributed by atoms with E-state index in [0.717, 1.165) is 30.5 Å². The fourth-order valence-corrected chi connectivity index (χ4v) is 3.43. The van der Waals surface area contributed by atoms with Crippen LogP contribution in [-0.2, 0) is 12.7 Å². The van der Waals surface area contributed by atoms with Gasteiger partial charge in [-0.1, -0.05) is 20.8 Å². The second kappa shape index (κ2) is 7.51. The summed E-state index contributed by atoms with van der Waals surface area (Å²) >= 11 is 0. The topological polar surface area (TPSA) is 43.8 Å². The van der Waals surface area contributed by atoms with Crippen LogP contribution in [0.5, 0.6) is 0 Å². The van der Waals surface area contributed by atoms with Crippen LogP contribution >= 0.6 is 0 Å². The van der Waals surface area contributed by atoms with Crippen molar-refractivity contribution >= 4 is 10.9 Å². The van der Waals surface area contributed by atoms with Gasteiger partial charge in [0.05, 0.1) is 11.3 Å². The van der Waals surface area contributed by atoms with Gasteiger partial charge >= 0.3 is 12.4 Å². The summed E-state index contributed by atoms with van der Waals surface area (Å²) in [5.41, 5.74) is 2.53. The highest BCUT2D eigenvalue weighted by atomic mass is 19.4. The number of rotatable bonds is 3. The summed E-state index contributed by atoms with van der Waals surface area (Å²) < 4.78 is 96.4. The Labute approximate surface area is 173 Å². The molecule has 1 unspecified atom stereocenters. The number of aromatic nitrogens is 2. The van der Waals surface area contributed by atoms with Crippen molar-refractivity contribution in [3.8, 4) is 11.3 Å². The average Bonchev–Trinajstić information content (AvgIpc) is 2.94. The fourth-order valence-electron chi connectivity index (χ4n) is 3.43. The van der Waals surface area contributed by atoms with Crippen LogP contribution in [0.4, 0.5) is 30.7 Å². The quantitative estimate of drug-likeness (QED) is 0.468. The Morgan fingerprint density at radius 2 is 1.71 bits per heavy atom. The number of fused-ring (bicyclic) bond motifs is 1. The van der Waals surface area contributed by atoms with Gasteiger partial charge < -0.3 is 10.3 Å². The molecule has 0 bridgehead atoms. The van der Waals surface area contributed by atoms with Crippen molar-refractivity contribution in [2.75, 3.05) is 0 Å². The zero-order valence-corrected chi connectivity index (χ0v) is 16.9. The molecule has 1 atom stereocenters. The van der Waals surface area contributed by atoms with Gasteiger partial charge in [0.2, 0.25) is 0 Å². The van der Waals surface area contributed by atoms with Crippen LogP contribution in [-0.4, -0.2) is 15.7 Å². The third-order valence-electron chi connectivity index (χ3n) is 4.70. The van der Waals surface area contributed by atoms with Crippen LogP contribution < -0.4 is 5.73 Å². The molecule has 168 valence electrons. The van der Waals surface area contributed by atoms with Crippen LogP contribution in [0.3, 0.4) is 0 Å². The number of pyridine rings is 1. The molecule has 2 aromatic heterocycles. The number of nitrogens with two attached hydrogens (primary N) is 1. The van der Waals surface area contributed by atoms with Gasteiger partial charge in [-0.2, -0.15) is 26.3 Å². The first-order valence-electron chi connectivity index (χ1n) is 9.27. The van der Waals surface area contributed by atoms with Gasteiger partial charge in [-0.25, -0.2) is 4.39 Å². The first-order valence-corrected chi connectivity index (χ1v) is 9.27. The standard InChI is InChI=1S/C21H20F7N3/c1-19(2,3)10-31-9-13(18(29)21(26,27)28)11-7-15(22)12(8-16(11)31)17-14(20(23,24)25)5-4-6-30-17/h4-9,18H,10,29H2,1-3H3. The number of halogens is 7. The SMILES string of the molecule is CC(C)(C)Cn1cc(C(N)C(F)(F)F)c2cc(F)c(-c3ncccc3C(F)(F)F)cc21.